The highest BCUT2D eigenvalue weighted by molar-refractivity contribution is 5.72. The number of carboxylic acids is 1. The Morgan fingerprint density at radius 1 is 1.47 bits per heavy atom. The molecule has 1 aliphatic heterocycles. The number of methoxy groups -OCH3 is 1. The highest BCUT2D eigenvalue weighted by Crippen LogP contribution is 2.31. The van der Waals surface area contributed by atoms with Gasteiger partial charge in [-0.15, -0.1) is 0 Å². The standard InChI is InChI=1S/C13H17NO3/c1-17-12-7-3-2-6-11(12)14-8-4-5-10(9-14)13(15)16/h2-3,6-7,10H,4-5,8-9H2,1H3,(H,15,16). The first-order chi connectivity index (χ1) is 8.22. The van der Waals surface area contributed by atoms with Crippen molar-refractivity contribution in [2.45, 2.75) is 12.8 Å². The van der Waals surface area contributed by atoms with Crippen LogP contribution in [0.1, 0.15) is 12.8 Å². The molecule has 1 saturated heterocycles. The van der Waals surface area contributed by atoms with Crippen LogP contribution in [-0.4, -0.2) is 31.3 Å². The van der Waals surface area contributed by atoms with Crippen molar-refractivity contribution in [3.63, 3.8) is 0 Å². The second kappa shape index (κ2) is 5.08. The number of ether oxygens (including phenoxy) is 1. The van der Waals surface area contributed by atoms with Crippen LogP contribution in [0.3, 0.4) is 0 Å². The van der Waals surface area contributed by atoms with E-state index >= 15 is 0 Å². The lowest BCUT2D eigenvalue weighted by atomic mass is 9.98. The zero-order valence-corrected chi connectivity index (χ0v) is 9.93. The molecule has 0 radical (unpaired) electrons. The molecule has 1 unspecified atom stereocenters. The van der Waals surface area contributed by atoms with E-state index in [1.54, 1.807) is 7.11 Å². The van der Waals surface area contributed by atoms with Crippen LogP contribution in [0.4, 0.5) is 5.69 Å². The zero-order valence-electron chi connectivity index (χ0n) is 9.93. The van der Waals surface area contributed by atoms with Crippen LogP contribution in [-0.2, 0) is 4.79 Å². The van der Waals surface area contributed by atoms with Gasteiger partial charge in [-0.3, -0.25) is 4.79 Å². The van der Waals surface area contributed by atoms with Crippen molar-refractivity contribution >= 4 is 11.7 Å². The molecular formula is C13H17NO3. The van der Waals surface area contributed by atoms with Gasteiger partial charge in [0.25, 0.3) is 0 Å². The molecule has 1 N–H and O–H groups in total. The van der Waals surface area contributed by atoms with Crippen LogP contribution in [0.25, 0.3) is 0 Å². The molecule has 1 aromatic carbocycles. The molecule has 0 bridgehead atoms. The van der Waals surface area contributed by atoms with E-state index in [4.69, 9.17) is 9.84 Å². The second-order valence-corrected chi connectivity index (χ2v) is 4.30. The summed E-state index contributed by atoms with van der Waals surface area (Å²) in [5.74, 6) is -0.170. The number of rotatable bonds is 3. The molecule has 2 rings (SSSR count). The number of nitrogens with zero attached hydrogens (tertiary/aromatic N) is 1. The number of benzene rings is 1. The second-order valence-electron chi connectivity index (χ2n) is 4.30. The molecule has 0 aliphatic carbocycles. The van der Waals surface area contributed by atoms with Crippen molar-refractivity contribution in [1.82, 2.24) is 0 Å². The Kier molecular flexibility index (Phi) is 3.52. The fourth-order valence-electron chi connectivity index (χ4n) is 2.29. The van der Waals surface area contributed by atoms with Crippen molar-refractivity contribution in [3.8, 4) is 5.75 Å². The first-order valence-electron chi connectivity index (χ1n) is 5.83. The van der Waals surface area contributed by atoms with Crippen LogP contribution in [0.15, 0.2) is 24.3 Å². The summed E-state index contributed by atoms with van der Waals surface area (Å²) in [4.78, 5) is 13.1. The lowest BCUT2D eigenvalue weighted by Gasteiger charge is -2.33. The maximum Gasteiger partial charge on any atom is 0.308 e. The normalized spacial score (nSPS) is 20.1. The molecule has 1 fully saturated rings. The molecular weight excluding hydrogens is 218 g/mol. The Labute approximate surface area is 101 Å². The minimum Gasteiger partial charge on any atom is -0.495 e. The number of para-hydroxylation sites is 2. The summed E-state index contributed by atoms with van der Waals surface area (Å²) in [7, 11) is 1.64. The SMILES string of the molecule is COc1ccccc1N1CCCC(C(=O)O)C1. The summed E-state index contributed by atoms with van der Waals surface area (Å²) in [6, 6.07) is 7.74. The van der Waals surface area contributed by atoms with E-state index in [-0.39, 0.29) is 5.92 Å². The maximum absolute atomic E-state index is 11.0. The fourth-order valence-corrected chi connectivity index (χ4v) is 2.29. The summed E-state index contributed by atoms with van der Waals surface area (Å²) in [6.07, 6.45) is 1.68. The number of hydrogen-bond acceptors (Lipinski definition) is 3. The van der Waals surface area contributed by atoms with Gasteiger partial charge in [0.15, 0.2) is 0 Å². The quantitative estimate of drug-likeness (QED) is 0.870. The van der Waals surface area contributed by atoms with Gasteiger partial charge < -0.3 is 14.7 Å². The number of carbonyl (C=O) groups is 1. The van der Waals surface area contributed by atoms with Crippen molar-refractivity contribution in [2.75, 3.05) is 25.1 Å². The zero-order chi connectivity index (χ0) is 12.3. The van der Waals surface area contributed by atoms with Crippen molar-refractivity contribution < 1.29 is 14.6 Å². The van der Waals surface area contributed by atoms with Gasteiger partial charge in [0.1, 0.15) is 5.75 Å². The molecule has 4 nitrogen and oxygen atoms in total. The summed E-state index contributed by atoms with van der Waals surface area (Å²) in [5, 5.41) is 9.07. The van der Waals surface area contributed by atoms with Crippen molar-refractivity contribution in [2.24, 2.45) is 5.92 Å². The van der Waals surface area contributed by atoms with E-state index in [0.717, 1.165) is 30.8 Å². The Morgan fingerprint density at radius 2 is 2.24 bits per heavy atom. The lowest BCUT2D eigenvalue weighted by Crippen LogP contribution is -2.38. The number of piperidine rings is 1. The van der Waals surface area contributed by atoms with Gasteiger partial charge in [0, 0.05) is 13.1 Å². The molecule has 1 aliphatic rings. The third kappa shape index (κ3) is 2.52. The fraction of sp³-hybridized carbons (Fsp3) is 0.462. The topological polar surface area (TPSA) is 49.8 Å². The number of carboxylic acid groups (broad SMARTS) is 1. The minimum atomic E-state index is -0.704. The molecule has 92 valence electrons. The van der Waals surface area contributed by atoms with Gasteiger partial charge in [0.2, 0.25) is 0 Å². The Morgan fingerprint density at radius 3 is 2.94 bits per heavy atom. The van der Waals surface area contributed by atoms with Crippen molar-refractivity contribution in [1.29, 1.82) is 0 Å². The average molecular weight is 235 g/mol. The van der Waals surface area contributed by atoms with E-state index in [9.17, 15) is 4.79 Å². The van der Waals surface area contributed by atoms with E-state index < -0.39 is 5.97 Å². The Bertz CT molecular complexity index is 405. The molecule has 17 heavy (non-hydrogen) atoms. The van der Waals surface area contributed by atoms with Crippen LogP contribution in [0.5, 0.6) is 5.75 Å². The van der Waals surface area contributed by atoms with E-state index in [1.807, 2.05) is 24.3 Å². The number of aliphatic carboxylic acids is 1. The van der Waals surface area contributed by atoms with Crippen LogP contribution in [0.2, 0.25) is 0 Å². The van der Waals surface area contributed by atoms with Crippen LogP contribution in [0, 0.1) is 5.92 Å². The summed E-state index contributed by atoms with van der Waals surface area (Å²) in [6.45, 7) is 1.46. The molecule has 1 atom stereocenters. The minimum absolute atomic E-state index is 0.270. The van der Waals surface area contributed by atoms with Crippen LogP contribution < -0.4 is 9.64 Å². The maximum atomic E-state index is 11.0. The first-order valence-corrected chi connectivity index (χ1v) is 5.83. The third-order valence-corrected chi connectivity index (χ3v) is 3.20. The molecule has 0 saturated carbocycles. The predicted molar refractivity (Wildman–Crippen MR) is 65.6 cm³/mol. The van der Waals surface area contributed by atoms with E-state index in [1.165, 1.54) is 0 Å². The number of anilines is 1. The first kappa shape index (κ1) is 11.8. The summed E-state index contributed by atoms with van der Waals surface area (Å²) < 4.78 is 5.31. The van der Waals surface area contributed by atoms with Gasteiger partial charge in [-0.1, -0.05) is 12.1 Å². The van der Waals surface area contributed by atoms with Crippen molar-refractivity contribution in [3.05, 3.63) is 24.3 Å². The molecule has 1 heterocycles. The van der Waals surface area contributed by atoms with Gasteiger partial charge in [-0.25, -0.2) is 0 Å². The number of hydrogen-bond donors (Lipinski definition) is 1. The molecule has 4 heteroatoms. The highest BCUT2D eigenvalue weighted by atomic mass is 16.5. The lowest BCUT2D eigenvalue weighted by molar-refractivity contribution is -0.141. The Balaban J connectivity index is 2.18. The van der Waals surface area contributed by atoms with E-state index in [2.05, 4.69) is 4.90 Å². The van der Waals surface area contributed by atoms with Gasteiger partial charge in [-0.2, -0.15) is 0 Å². The monoisotopic (exact) mass is 235 g/mol. The Hall–Kier alpha value is -1.71. The molecule has 0 aromatic heterocycles. The van der Waals surface area contributed by atoms with Gasteiger partial charge in [0.05, 0.1) is 18.7 Å². The molecule has 0 amide bonds. The summed E-state index contributed by atoms with van der Waals surface area (Å²) >= 11 is 0. The largest absolute Gasteiger partial charge is 0.495 e. The average Bonchev–Trinajstić information content (AvgIpc) is 2.39. The smallest absolute Gasteiger partial charge is 0.308 e. The summed E-state index contributed by atoms with van der Waals surface area (Å²) in [5.41, 5.74) is 0.987. The van der Waals surface area contributed by atoms with Gasteiger partial charge >= 0.3 is 5.97 Å². The highest BCUT2D eigenvalue weighted by Gasteiger charge is 2.26. The third-order valence-electron chi connectivity index (χ3n) is 3.20. The van der Waals surface area contributed by atoms with Gasteiger partial charge in [-0.05, 0) is 25.0 Å². The predicted octanol–water partition coefficient (Wildman–Crippen LogP) is 2.00. The molecule has 1 aromatic rings. The van der Waals surface area contributed by atoms with E-state index in [0.29, 0.717) is 6.54 Å². The van der Waals surface area contributed by atoms with Crippen LogP contribution >= 0.6 is 0 Å². The molecule has 0 spiro atoms.